The van der Waals surface area contributed by atoms with E-state index in [1.165, 1.54) is 0 Å². The maximum atomic E-state index is 16.0. The Balaban J connectivity index is 0.882. The number of carbonyl (C=O) groups is 2. The zero-order chi connectivity index (χ0) is 40.1. The summed E-state index contributed by atoms with van der Waals surface area (Å²) in [4.78, 5) is 38.4. The van der Waals surface area contributed by atoms with Gasteiger partial charge in [-0.1, -0.05) is 12.1 Å². The number of hydrogen-bond acceptors (Lipinski definition) is 10. The number of amides is 2. The van der Waals surface area contributed by atoms with E-state index in [0.717, 1.165) is 67.4 Å². The lowest BCUT2D eigenvalue weighted by molar-refractivity contribution is -0.135. The number of fused-ring (bicyclic) bond motifs is 2. The number of ether oxygens (including phenoxy) is 2. The molecule has 0 radical (unpaired) electrons. The standard InChI is InChI=1S/C42H59F2N9O4/c1-41(2,3)57-40(55)51-20-13-28(14-21-51)27-11-18-50(19-12-27)36-16-17-49(26-42(36,43)44)25-29-7-6-8-33-30(29)15-22-52(33)37-23-32(45-4)38-46-24-34(53(38)48-37)39(54)47-31-9-10-35(31)56-5/h6-8,23-24,27-28,31,35-36,45H,9-22,25-26H2,1-5H3,(H,47,54)/t31-,35-,36?/m1/s1. The quantitative estimate of drug-likeness (QED) is 0.270. The van der Waals surface area contributed by atoms with Crippen molar-refractivity contribution in [1.29, 1.82) is 0 Å². The molecule has 1 aromatic carbocycles. The Bertz CT molecular complexity index is 1930. The van der Waals surface area contributed by atoms with Crippen molar-refractivity contribution in [3.63, 3.8) is 0 Å². The molecule has 2 aromatic heterocycles. The minimum Gasteiger partial charge on any atom is -0.444 e. The van der Waals surface area contributed by atoms with Gasteiger partial charge in [-0.15, -0.1) is 5.10 Å². The van der Waals surface area contributed by atoms with Crippen LogP contribution in [0.2, 0.25) is 0 Å². The lowest BCUT2D eigenvalue weighted by Gasteiger charge is -2.47. The van der Waals surface area contributed by atoms with Crippen LogP contribution < -0.4 is 15.5 Å². The van der Waals surface area contributed by atoms with Crippen LogP contribution in [0.5, 0.6) is 0 Å². The van der Waals surface area contributed by atoms with Gasteiger partial charge in [0.15, 0.2) is 17.2 Å². The Hall–Kier alpha value is -4.08. The molecule has 4 aliphatic heterocycles. The molecule has 57 heavy (non-hydrogen) atoms. The number of halogens is 2. The van der Waals surface area contributed by atoms with Crippen LogP contribution in [0.4, 0.5) is 30.8 Å². The molecule has 3 saturated heterocycles. The van der Waals surface area contributed by atoms with E-state index in [1.807, 2.05) is 49.8 Å². The van der Waals surface area contributed by atoms with Crippen LogP contribution in [0.25, 0.3) is 5.65 Å². The van der Waals surface area contributed by atoms with Crippen LogP contribution in [-0.2, 0) is 22.4 Å². The minimum atomic E-state index is -2.81. The van der Waals surface area contributed by atoms with Crippen molar-refractivity contribution < 1.29 is 27.8 Å². The number of benzene rings is 1. The first-order valence-electron chi connectivity index (χ1n) is 20.9. The van der Waals surface area contributed by atoms with Gasteiger partial charge in [0.25, 0.3) is 11.8 Å². The van der Waals surface area contributed by atoms with Crippen LogP contribution in [0, 0.1) is 11.8 Å². The highest BCUT2D eigenvalue weighted by molar-refractivity contribution is 5.94. The number of carbonyl (C=O) groups excluding carboxylic acids is 2. The molecule has 1 unspecified atom stereocenters. The molecule has 3 atom stereocenters. The molecule has 1 aliphatic carbocycles. The van der Waals surface area contributed by atoms with Crippen molar-refractivity contribution in [2.24, 2.45) is 11.8 Å². The fraction of sp³-hybridized carbons (Fsp3) is 0.667. The summed E-state index contributed by atoms with van der Waals surface area (Å²) in [5.41, 5.74) is 4.37. The third kappa shape index (κ3) is 8.16. The van der Waals surface area contributed by atoms with Gasteiger partial charge >= 0.3 is 6.09 Å². The average molecular weight is 792 g/mol. The number of nitrogens with one attached hydrogen (secondary N) is 2. The predicted molar refractivity (Wildman–Crippen MR) is 214 cm³/mol. The van der Waals surface area contributed by atoms with Gasteiger partial charge in [-0.05, 0) is 114 Å². The lowest BCUT2D eigenvalue weighted by atomic mass is 9.78. The molecule has 2 N–H and O–H groups in total. The van der Waals surface area contributed by atoms with Crippen LogP contribution >= 0.6 is 0 Å². The molecule has 0 bridgehead atoms. The van der Waals surface area contributed by atoms with E-state index in [1.54, 1.807) is 17.8 Å². The van der Waals surface area contributed by atoms with Gasteiger partial charge < -0.3 is 29.9 Å². The number of anilines is 3. The summed E-state index contributed by atoms with van der Waals surface area (Å²) in [5.74, 6) is -1.34. The molecule has 13 nitrogen and oxygen atoms in total. The van der Waals surface area contributed by atoms with Gasteiger partial charge in [-0.3, -0.25) is 14.6 Å². The topological polar surface area (TPSA) is 120 Å². The van der Waals surface area contributed by atoms with E-state index in [4.69, 9.17) is 14.6 Å². The zero-order valence-corrected chi connectivity index (χ0v) is 34.1. The SMILES string of the molecule is CNc1cc(N2CCc3c(CN4CCC(N5CCC(C6CCN(C(=O)OC(C)(C)C)CC6)CC5)C(F)(F)C4)cccc32)nn2c(C(=O)N[C@@H]3CC[C@H]3OC)cnc12. The molecule has 1 saturated carbocycles. The maximum Gasteiger partial charge on any atom is 0.410 e. The summed E-state index contributed by atoms with van der Waals surface area (Å²) in [5, 5.41) is 11.2. The summed E-state index contributed by atoms with van der Waals surface area (Å²) < 4.78 is 44.7. The lowest BCUT2D eigenvalue weighted by Crippen LogP contribution is -2.59. The largest absolute Gasteiger partial charge is 0.444 e. The van der Waals surface area contributed by atoms with Gasteiger partial charge in [-0.25, -0.2) is 23.1 Å². The fourth-order valence-electron chi connectivity index (χ4n) is 9.88. The number of piperidine rings is 3. The Morgan fingerprint density at radius 2 is 1.70 bits per heavy atom. The van der Waals surface area contributed by atoms with Crippen LogP contribution in [0.1, 0.15) is 87.3 Å². The average Bonchev–Trinajstić information content (AvgIpc) is 3.81. The second kappa shape index (κ2) is 15.9. The van der Waals surface area contributed by atoms with Crippen molar-refractivity contribution in [2.45, 2.75) is 108 Å². The monoisotopic (exact) mass is 791 g/mol. The number of methoxy groups -OCH3 is 1. The first kappa shape index (κ1) is 39.7. The smallest absolute Gasteiger partial charge is 0.410 e. The molecular formula is C42H59F2N9O4. The number of aromatic nitrogens is 3. The Morgan fingerprint density at radius 3 is 2.35 bits per heavy atom. The zero-order valence-electron chi connectivity index (χ0n) is 34.1. The molecule has 3 aromatic rings. The maximum absolute atomic E-state index is 16.0. The van der Waals surface area contributed by atoms with Crippen molar-refractivity contribution in [3.05, 3.63) is 47.3 Å². The van der Waals surface area contributed by atoms with E-state index in [2.05, 4.69) is 37.6 Å². The molecule has 0 spiro atoms. The fourth-order valence-corrected chi connectivity index (χ4v) is 9.88. The van der Waals surface area contributed by atoms with E-state index in [9.17, 15) is 9.59 Å². The Labute approximate surface area is 334 Å². The van der Waals surface area contributed by atoms with Crippen LogP contribution in [0.3, 0.4) is 0 Å². The van der Waals surface area contributed by atoms with E-state index in [-0.39, 0.29) is 30.7 Å². The number of hydrogen-bond donors (Lipinski definition) is 2. The van der Waals surface area contributed by atoms with E-state index >= 15 is 8.78 Å². The van der Waals surface area contributed by atoms with Gasteiger partial charge in [0, 0.05) is 58.6 Å². The number of rotatable bonds is 9. The molecule has 8 rings (SSSR count). The summed E-state index contributed by atoms with van der Waals surface area (Å²) in [6.07, 6.45) is 8.07. The predicted octanol–water partition coefficient (Wildman–Crippen LogP) is 5.94. The highest BCUT2D eigenvalue weighted by Gasteiger charge is 2.48. The Morgan fingerprint density at radius 1 is 0.965 bits per heavy atom. The van der Waals surface area contributed by atoms with Crippen molar-refractivity contribution in [3.8, 4) is 0 Å². The first-order chi connectivity index (χ1) is 27.3. The molecular weight excluding hydrogens is 733 g/mol. The second-order valence-corrected chi connectivity index (χ2v) is 17.7. The molecule has 6 heterocycles. The van der Waals surface area contributed by atoms with Gasteiger partial charge in [-0.2, -0.15) is 0 Å². The third-order valence-electron chi connectivity index (χ3n) is 13.1. The molecule has 4 fully saturated rings. The van der Waals surface area contributed by atoms with Crippen molar-refractivity contribution in [2.75, 3.05) is 70.2 Å². The normalized spacial score (nSPS) is 25.0. The van der Waals surface area contributed by atoms with Crippen LogP contribution in [-0.4, -0.2) is 131 Å². The summed E-state index contributed by atoms with van der Waals surface area (Å²) in [6, 6.07) is 7.30. The molecule has 310 valence electrons. The van der Waals surface area contributed by atoms with Gasteiger partial charge in [0.2, 0.25) is 0 Å². The Kier molecular flexibility index (Phi) is 11.1. The van der Waals surface area contributed by atoms with Crippen molar-refractivity contribution in [1.82, 2.24) is 34.6 Å². The highest BCUT2D eigenvalue weighted by atomic mass is 19.3. The summed E-state index contributed by atoms with van der Waals surface area (Å²) in [7, 11) is 3.48. The third-order valence-corrected chi connectivity index (χ3v) is 13.1. The molecule has 2 amide bonds. The minimum absolute atomic E-state index is 0.00967. The molecule has 15 heteroatoms. The second-order valence-electron chi connectivity index (χ2n) is 17.7. The number of likely N-dealkylation sites (tertiary alicyclic amines) is 3. The van der Waals surface area contributed by atoms with Crippen molar-refractivity contribution >= 4 is 34.8 Å². The van der Waals surface area contributed by atoms with Crippen LogP contribution in [0.15, 0.2) is 30.5 Å². The molecule has 5 aliphatic rings. The van der Waals surface area contributed by atoms with E-state index < -0.39 is 17.6 Å². The highest BCUT2D eigenvalue weighted by Crippen LogP contribution is 2.40. The number of imidazole rings is 1. The summed E-state index contributed by atoms with van der Waals surface area (Å²) >= 11 is 0. The first-order valence-corrected chi connectivity index (χ1v) is 20.9. The van der Waals surface area contributed by atoms with Gasteiger partial charge in [0.05, 0.1) is 36.6 Å². The number of nitrogens with zero attached hydrogens (tertiary/aromatic N) is 7. The summed E-state index contributed by atoms with van der Waals surface area (Å²) in [6.45, 7) is 9.98. The number of alkyl halides is 2. The van der Waals surface area contributed by atoms with Gasteiger partial charge in [0.1, 0.15) is 5.60 Å². The van der Waals surface area contributed by atoms with E-state index in [0.29, 0.717) is 81.2 Å².